The number of benzene rings is 1. The Bertz CT molecular complexity index is 902. The van der Waals surface area contributed by atoms with Gasteiger partial charge in [0.2, 0.25) is 0 Å². The summed E-state index contributed by atoms with van der Waals surface area (Å²) in [5.41, 5.74) is 8.67. The summed E-state index contributed by atoms with van der Waals surface area (Å²) >= 11 is 1.72. The number of anilines is 1. The van der Waals surface area contributed by atoms with Crippen LogP contribution in [0.4, 0.5) is 5.82 Å². The molecule has 0 aliphatic carbocycles. The van der Waals surface area contributed by atoms with Crippen molar-refractivity contribution in [1.82, 2.24) is 14.5 Å². The normalized spacial score (nSPS) is 21.1. The number of imidazole rings is 1. The number of nitrogen functional groups attached to an aromatic ring is 1. The average Bonchev–Trinajstić information content (AvgIpc) is 2.82. The first-order valence-electron chi connectivity index (χ1n) is 7.80. The Morgan fingerprint density at radius 1 is 1.30 bits per heavy atom. The average molecular weight is 328 g/mol. The molecule has 1 aliphatic rings. The molecule has 3 aromatic rings. The summed E-state index contributed by atoms with van der Waals surface area (Å²) in [4.78, 5) is 9.29. The number of nitrogens with zero attached hydrogens (tertiary/aromatic N) is 3. The fraction of sp³-hybridized carbons (Fsp3) is 0.412. The minimum atomic E-state index is -0.262. The lowest BCUT2D eigenvalue weighted by atomic mass is 10.1. The Balaban J connectivity index is 2.05. The second-order valence-corrected chi connectivity index (χ2v) is 7.68. The van der Waals surface area contributed by atoms with Crippen molar-refractivity contribution < 1.29 is 4.74 Å². The van der Waals surface area contributed by atoms with Crippen LogP contribution in [0.15, 0.2) is 29.4 Å². The minimum absolute atomic E-state index is 0.191. The number of para-hydroxylation sites is 1. The molecule has 6 heteroatoms. The lowest BCUT2D eigenvalue weighted by Gasteiger charge is -2.32. The molecule has 0 spiro atoms. The fourth-order valence-electron chi connectivity index (χ4n) is 3.28. The first kappa shape index (κ1) is 14.8. The van der Waals surface area contributed by atoms with E-state index in [0.29, 0.717) is 5.82 Å². The highest BCUT2D eigenvalue weighted by molar-refractivity contribution is 7.99. The van der Waals surface area contributed by atoms with Crippen molar-refractivity contribution in [3.8, 4) is 0 Å². The predicted molar refractivity (Wildman–Crippen MR) is 94.8 cm³/mol. The van der Waals surface area contributed by atoms with Gasteiger partial charge in [0.1, 0.15) is 5.52 Å². The summed E-state index contributed by atoms with van der Waals surface area (Å²) in [5, 5.41) is 2.08. The van der Waals surface area contributed by atoms with Gasteiger partial charge in [-0.1, -0.05) is 30.0 Å². The van der Waals surface area contributed by atoms with Crippen molar-refractivity contribution in [2.45, 2.75) is 44.2 Å². The number of fused-ring (bicyclic) bond motifs is 5. The molecule has 1 aromatic carbocycles. The van der Waals surface area contributed by atoms with E-state index < -0.39 is 0 Å². The van der Waals surface area contributed by atoms with Crippen LogP contribution in [0, 0.1) is 0 Å². The molecule has 5 nitrogen and oxygen atoms in total. The first-order chi connectivity index (χ1) is 10.9. The summed E-state index contributed by atoms with van der Waals surface area (Å²) in [6.07, 6.45) is 0.191. The second kappa shape index (κ2) is 5.11. The number of ether oxygens (including phenoxy) is 1. The molecular weight excluding hydrogens is 308 g/mol. The number of aromatic nitrogens is 3. The molecule has 1 unspecified atom stereocenters. The number of rotatable bonds is 0. The maximum Gasteiger partial charge on any atom is 0.169 e. The van der Waals surface area contributed by atoms with Crippen LogP contribution in [-0.4, -0.2) is 32.0 Å². The molecule has 4 rings (SSSR count). The van der Waals surface area contributed by atoms with E-state index in [1.807, 2.05) is 18.2 Å². The topological polar surface area (TPSA) is 66.0 Å². The standard InChI is InChI=1S/C17H20N4OS/c1-10-8-23-16-20-13-14(21(16)9-17(2,3)22-10)11-6-4-5-7-12(11)19-15(13)18/h4-7,10H,8-9H2,1-3H3,(H2,18,19). The van der Waals surface area contributed by atoms with Crippen molar-refractivity contribution in [1.29, 1.82) is 0 Å². The van der Waals surface area contributed by atoms with E-state index in [0.717, 1.165) is 39.4 Å². The van der Waals surface area contributed by atoms with Gasteiger partial charge in [0.05, 0.1) is 29.3 Å². The molecule has 0 radical (unpaired) electrons. The SMILES string of the molecule is CC1CSc2nc3c(N)nc4ccccc4c3n2CC(C)(C)O1. The van der Waals surface area contributed by atoms with E-state index in [9.17, 15) is 0 Å². The quantitative estimate of drug-likeness (QED) is 0.684. The predicted octanol–water partition coefficient (Wildman–Crippen LogP) is 3.46. The highest BCUT2D eigenvalue weighted by Crippen LogP contribution is 2.35. The highest BCUT2D eigenvalue weighted by Gasteiger charge is 2.29. The zero-order chi connectivity index (χ0) is 16.2. The molecule has 1 aliphatic heterocycles. The number of nitrogens with two attached hydrogens (primary N) is 1. The summed E-state index contributed by atoms with van der Waals surface area (Å²) in [6.45, 7) is 7.10. The molecule has 2 aromatic heterocycles. The van der Waals surface area contributed by atoms with Gasteiger partial charge < -0.3 is 15.0 Å². The molecule has 3 heterocycles. The van der Waals surface area contributed by atoms with Gasteiger partial charge in [0, 0.05) is 11.1 Å². The van der Waals surface area contributed by atoms with E-state index in [4.69, 9.17) is 15.5 Å². The Morgan fingerprint density at radius 3 is 2.91 bits per heavy atom. The van der Waals surface area contributed by atoms with Gasteiger partial charge in [0.25, 0.3) is 0 Å². The molecule has 0 saturated carbocycles. The van der Waals surface area contributed by atoms with Gasteiger partial charge in [-0.05, 0) is 26.8 Å². The zero-order valence-electron chi connectivity index (χ0n) is 13.5. The van der Waals surface area contributed by atoms with E-state index >= 15 is 0 Å². The van der Waals surface area contributed by atoms with Crippen molar-refractivity contribution in [2.75, 3.05) is 11.5 Å². The van der Waals surface area contributed by atoms with E-state index in [-0.39, 0.29) is 11.7 Å². The van der Waals surface area contributed by atoms with Crippen molar-refractivity contribution in [3.63, 3.8) is 0 Å². The van der Waals surface area contributed by atoms with Crippen LogP contribution in [0.1, 0.15) is 20.8 Å². The second-order valence-electron chi connectivity index (χ2n) is 6.69. The van der Waals surface area contributed by atoms with Gasteiger partial charge >= 0.3 is 0 Å². The van der Waals surface area contributed by atoms with E-state index in [2.05, 4.69) is 36.4 Å². The number of hydrogen-bond donors (Lipinski definition) is 1. The molecule has 23 heavy (non-hydrogen) atoms. The van der Waals surface area contributed by atoms with Gasteiger partial charge in [-0.3, -0.25) is 0 Å². The van der Waals surface area contributed by atoms with E-state index in [1.165, 1.54) is 0 Å². The smallest absolute Gasteiger partial charge is 0.169 e. The Hall–Kier alpha value is -1.79. The Morgan fingerprint density at radius 2 is 2.09 bits per heavy atom. The lowest BCUT2D eigenvalue weighted by Crippen LogP contribution is -2.36. The molecule has 0 bridgehead atoms. The van der Waals surface area contributed by atoms with Crippen molar-refractivity contribution >= 4 is 39.5 Å². The van der Waals surface area contributed by atoms with Crippen LogP contribution < -0.4 is 5.73 Å². The molecule has 0 saturated heterocycles. The molecule has 2 N–H and O–H groups in total. The third kappa shape index (κ3) is 2.46. The summed E-state index contributed by atoms with van der Waals surface area (Å²) < 4.78 is 8.42. The van der Waals surface area contributed by atoms with Crippen molar-refractivity contribution in [3.05, 3.63) is 24.3 Å². The maximum absolute atomic E-state index is 6.18. The van der Waals surface area contributed by atoms with Gasteiger partial charge in [-0.2, -0.15) is 0 Å². The maximum atomic E-state index is 6.18. The van der Waals surface area contributed by atoms with Gasteiger partial charge in [-0.25, -0.2) is 9.97 Å². The molecule has 0 amide bonds. The van der Waals surface area contributed by atoms with Crippen LogP contribution in [0.3, 0.4) is 0 Å². The minimum Gasteiger partial charge on any atom is -0.382 e. The highest BCUT2D eigenvalue weighted by atomic mass is 32.2. The lowest BCUT2D eigenvalue weighted by molar-refractivity contribution is -0.0654. The number of hydrogen-bond acceptors (Lipinski definition) is 5. The van der Waals surface area contributed by atoms with Gasteiger partial charge in [-0.15, -0.1) is 0 Å². The fourth-order valence-corrected chi connectivity index (χ4v) is 4.20. The molecule has 1 atom stereocenters. The first-order valence-corrected chi connectivity index (χ1v) is 8.78. The van der Waals surface area contributed by atoms with Crippen LogP contribution >= 0.6 is 11.8 Å². The largest absolute Gasteiger partial charge is 0.382 e. The van der Waals surface area contributed by atoms with Crippen LogP contribution in [0.5, 0.6) is 0 Å². The Labute approximate surface area is 139 Å². The monoisotopic (exact) mass is 328 g/mol. The summed E-state index contributed by atoms with van der Waals surface area (Å²) in [6, 6.07) is 8.08. The zero-order valence-corrected chi connectivity index (χ0v) is 14.4. The molecular formula is C17H20N4OS. The van der Waals surface area contributed by atoms with Crippen LogP contribution in [0.2, 0.25) is 0 Å². The molecule has 120 valence electrons. The summed E-state index contributed by atoms with van der Waals surface area (Å²) in [5.74, 6) is 1.36. The van der Waals surface area contributed by atoms with Crippen molar-refractivity contribution in [2.24, 2.45) is 0 Å². The van der Waals surface area contributed by atoms with E-state index in [1.54, 1.807) is 11.8 Å². The number of thioether (sulfide) groups is 1. The third-order valence-corrected chi connectivity index (χ3v) is 5.29. The molecule has 0 fully saturated rings. The summed E-state index contributed by atoms with van der Waals surface area (Å²) in [7, 11) is 0. The number of pyridine rings is 1. The van der Waals surface area contributed by atoms with Crippen LogP contribution in [0.25, 0.3) is 21.9 Å². The van der Waals surface area contributed by atoms with Gasteiger partial charge in [0.15, 0.2) is 11.0 Å². The Kier molecular flexibility index (Phi) is 3.28. The van der Waals surface area contributed by atoms with Crippen LogP contribution in [-0.2, 0) is 11.3 Å². The third-order valence-electron chi connectivity index (χ3n) is 4.08.